The number of nitrogens with one attached hydrogen (secondary N) is 2. The summed E-state index contributed by atoms with van der Waals surface area (Å²) in [6, 6.07) is 16.5. The Bertz CT molecular complexity index is 907. The van der Waals surface area contributed by atoms with Crippen molar-refractivity contribution in [2.45, 2.75) is 26.3 Å². The molecule has 0 saturated carbocycles. The summed E-state index contributed by atoms with van der Waals surface area (Å²) < 4.78 is 0. The van der Waals surface area contributed by atoms with E-state index in [4.69, 9.17) is 0 Å². The number of anilines is 1. The molecule has 1 aromatic heterocycles. The van der Waals surface area contributed by atoms with Gasteiger partial charge < -0.3 is 10.6 Å². The number of aromatic nitrogens is 2. The van der Waals surface area contributed by atoms with Gasteiger partial charge in [-0.2, -0.15) is 0 Å². The van der Waals surface area contributed by atoms with Crippen LogP contribution in [0.3, 0.4) is 0 Å². The number of carbonyl (C=O) groups is 2. The van der Waals surface area contributed by atoms with Gasteiger partial charge in [0, 0.05) is 24.2 Å². The summed E-state index contributed by atoms with van der Waals surface area (Å²) in [4.78, 5) is 24.4. The second-order valence-electron chi connectivity index (χ2n) is 5.95. The highest BCUT2D eigenvalue weighted by Gasteiger charge is 2.13. The van der Waals surface area contributed by atoms with E-state index in [0.29, 0.717) is 22.8 Å². The third-order valence-corrected chi connectivity index (χ3v) is 4.81. The summed E-state index contributed by atoms with van der Waals surface area (Å²) in [6.07, 6.45) is 1.78. The van der Waals surface area contributed by atoms with E-state index in [-0.39, 0.29) is 11.8 Å². The SMILES string of the molecule is CCCc1nnc(C(=O)Nc2ccc(C(=O)NCc3ccccc3)cc2)s1. The van der Waals surface area contributed by atoms with Gasteiger partial charge in [0.15, 0.2) is 0 Å². The fraction of sp³-hybridized carbons (Fsp3) is 0.200. The minimum atomic E-state index is -0.295. The van der Waals surface area contributed by atoms with Crippen molar-refractivity contribution in [3.63, 3.8) is 0 Å². The van der Waals surface area contributed by atoms with Crippen LogP contribution in [0.15, 0.2) is 54.6 Å². The average Bonchev–Trinajstić information content (AvgIpc) is 3.17. The lowest BCUT2D eigenvalue weighted by Crippen LogP contribution is -2.22. The van der Waals surface area contributed by atoms with Crippen LogP contribution in [-0.2, 0) is 13.0 Å². The summed E-state index contributed by atoms with van der Waals surface area (Å²) in [7, 11) is 0. The largest absolute Gasteiger partial charge is 0.348 e. The van der Waals surface area contributed by atoms with Gasteiger partial charge in [-0.3, -0.25) is 9.59 Å². The van der Waals surface area contributed by atoms with Crippen LogP contribution in [0.4, 0.5) is 5.69 Å². The van der Waals surface area contributed by atoms with E-state index < -0.39 is 0 Å². The van der Waals surface area contributed by atoms with Crippen LogP contribution >= 0.6 is 11.3 Å². The molecule has 7 heteroatoms. The quantitative estimate of drug-likeness (QED) is 0.655. The van der Waals surface area contributed by atoms with E-state index in [1.165, 1.54) is 11.3 Å². The molecule has 138 valence electrons. The Balaban J connectivity index is 1.56. The van der Waals surface area contributed by atoms with Crippen molar-refractivity contribution in [3.8, 4) is 0 Å². The first-order valence-electron chi connectivity index (χ1n) is 8.71. The Morgan fingerprint density at radius 3 is 2.41 bits per heavy atom. The van der Waals surface area contributed by atoms with Crippen LogP contribution in [-0.4, -0.2) is 22.0 Å². The molecule has 0 aliphatic rings. The lowest BCUT2D eigenvalue weighted by atomic mass is 10.1. The molecule has 0 aliphatic heterocycles. The zero-order chi connectivity index (χ0) is 19.1. The minimum Gasteiger partial charge on any atom is -0.348 e. The molecular weight excluding hydrogens is 360 g/mol. The van der Waals surface area contributed by atoms with Crippen LogP contribution in [0.5, 0.6) is 0 Å². The second kappa shape index (κ2) is 9.05. The van der Waals surface area contributed by atoms with Gasteiger partial charge in [-0.1, -0.05) is 48.6 Å². The molecule has 2 N–H and O–H groups in total. The molecule has 0 unspecified atom stereocenters. The summed E-state index contributed by atoms with van der Waals surface area (Å²) in [6.45, 7) is 2.52. The molecule has 3 aromatic rings. The highest BCUT2D eigenvalue weighted by Crippen LogP contribution is 2.15. The molecule has 0 radical (unpaired) electrons. The summed E-state index contributed by atoms with van der Waals surface area (Å²) >= 11 is 1.30. The Hall–Kier alpha value is -3.06. The monoisotopic (exact) mass is 380 g/mol. The molecule has 3 rings (SSSR count). The van der Waals surface area contributed by atoms with E-state index >= 15 is 0 Å². The van der Waals surface area contributed by atoms with E-state index in [1.807, 2.05) is 30.3 Å². The minimum absolute atomic E-state index is 0.162. The maximum absolute atomic E-state index is 12.2. The van der Waals surface area contributed by atoms with Crippen molar-refractivity contribution >= 4 is 28.8 Å². The first kappa shape index (κ1) is 18.7. The number of nitrogens with zero attached hydrogens (tertiary/aromatic N) is 2. The fourth-order valence-corrected chi connectivity index (χ4v) is 3.27. The van der Waals surface area contributed by atoms with Gasteiger partial charge in [-0.05, 0) is 36.2 Å². The van der Waals surface area contributed by atoms with Crippen LogP contribution in [0.25, 0.3) is 0 Å². The Morgan fingerprint density at radius 2 is 1.70 bits per heavy atom. The fourth-order valence-electron chi connectivity index (χ4n) is 2.43. The van der Waals surface area contributed by atoms with E-state index in [2.05, 4.69) is 27.8 Å². The summed E-state index contributed by atoms with van der Waals surface area (Å²) in [5.74, 6) is -0.457. The normalized spacial score (nSPS) is 10.4. The Kier molecular flexibility index (Phi) is 6.27. The molecule has 0 aliphatic carbocycles. The van der Waals surface area contributed by atoms with Gasteiger partial charge in [0.2, 0.25) is 5.01 Å². The van der Waals surface area contributed by atoms with Crippen LogP contribution < -0.4 is 10.6 Å². The van der Waals surface area contributed by atoms with E-state index in [0.717, 1.165) is 23.4 Å². The van der Waals surface area contributed by atoms with Crippen LogP contribution in [0.2, 0.25) is 0 Å². The lowest BCUT2D eigenvalue weighted by Gasteiger charge is -2.07. The molecule has 0 fully saturated rings. The number of carbonyl (C=O) groups excluding carboxylic acids is 2. The number of hydrogen-bond acceptors (Lipinski definition) is 5. The molecule has 0 spiro atoms. The van der Waals surface area contributed by atoms with Gasteiger partial charge in [-0.15, -0.1) is 10.2 Å². The van der Waals surface area contributed by atoms with Crippen molar-refractivity contribution in [2.75, 3.05) is 5.32 Å². The third-order valence-electron chi connectivity index (χ3n) is 3.83. The second-order valence-corrected chi connectivity index (χ2v) is 7.01. The predicted octanol–water partition coefficient (Wildman–Crippen LogP) is 3.67. The zero-order valence-corrected chi connectivity index (χ0v) is 15.8. The molecule has 6 nitrogen and oxygen atoms in total. The molecular formula is C20H20N4O2S. The molecule has 0 bridgehead atoms. The molecule has 2 aromatic carbocycles. The molecule has 0 saturated heterocycles. The highest BCUT2D eigenvalue weighted by atomic mass is 32.1. The lowest BCUT2D eigenvalue weighted by molar-refractivity contribution is 0.0950. The number of hydrogen-bond donors (Lipinski definition) is 2. The Labute approximate surface area is 161 Å². The number of rotatable bonds is 7. The zero-order valence-electron chi connectivity index (χ0n) is 14.9. The van der Waals surface area contributed by atoms with Crippen LogP contribution in [0, 0.1) is 0 Å². The number of amides is 2. The average molecular weight is 380 g/mol. The Morgan fingerprint density at radius 1 is 0.963 bits per heavy atom. The topological polar surface area (TPSA) is 84.0 Å². The maximum atomic E-state index is 12.2. The summed E-state index contributed by atoms with van der Waals surface area (Å²) in [5, 5.41) is 14.8. The molecule has 0 atom stereocenters. The van der Waals surface area contributed by atoms with Gasteiger partial charge in [0.05, 0.1) is 0 Å². The van der Waals surface area contributed by atoms with E-state index in [9.17, 15) is 9.59 Å². The number of benzene rings is 2. The first-order chi connectivity index (χ1) is 13.2. The maximum Gasteiger partial charge on any atom is 0.286 e. The standard InChI is InChI=1S/C20H20N4O2S/c1-2-6-17-23-24-20(27-17)19(26)22-16-11-9-15(10-12-16)18(25)21-13-14-7-4-3-5-8-14/h3-5,7-12H,2,6,13H2,1H3,(H,21,25)(H,22,26). The molecule has 1 heterocycles. The first-order valence-corrected chi connectivity index (χ1v) is 9.53. The van der Waals surface area contributed by atoms with Gasteiger partial charge in [0.1, 0.15) is 5.01 Å². The van der Waals surface area contributed by atoms with Crippen molar-refractivity contribution in [2.24, 2.45) is 0 Å². The highest BCUT2D eigenvalue weighted by molar-refractivity contribution is 7.13. The van der Waals surface area contributed by atoms with Gasteiger partial charge in [0.25, 0.3) is 11.8 Å². The third kappa shape index (κ3) is 5.21. The molecule has 27 heavy (non-hydrogen) atoms. The van der Waals surface area contributed by atoms with Crippen molar-refractivity contribution in [3.05, 3.63) is 75.7 Å². The summed E-state index contributed by atoms with van der Waals surface area (Å²) in [5.41, 5.74) is 2.17. The predicted molar refractivity (Wildman–Crippen MR) is 106 cm³/mol. The van der Waals surface area contributed by atoms with Crippen molar-refractivity contribution in [1.82, 2.24) is 15.5 Å². The van der Waals surface area contributed by atoms with E-state index in [1.54, 1.807) is 24.3 Å². The van der Waals surface area contributed by atoms with Gasteiger partial charge in [-0.25, -0.2) is 0 Å². The smallest absolute Gasteiger partial charge is 0.286 e. The van der Waals surface area contributed by atoms with Crippen molar-refractivity contribution < 1.29 is 9.59 Å². The van der Waals surface area contributed by atoms with Crippen LogP contribution in [0.1, 0.15) is 44.1 Å². The van der Waals surface area contributed by atoms with Crippen molar-refractivity contribution in [1.29, 1.82) is 0 Å². The van der Waals surface area contributed by atoms with Gasteiger partial charge >= 0.3 is 0 Å². The molecule has 2 amide bonds. The number of aryl methyl sites for hydroxylation is 1.